The Balaban J connectivity index is 2.58. The molecule has 17 heavy (non-hydrogen) atoms. The van der Waals surface area contributed by atoms with Gasteiger partial charge in [-0.15, -0.1) is 0 Å². The summed E-state index contributed by atoms with van der Waals surface area (Å²) in [5.41, 5.74) is 0.707. The lowest BCUT2D eigenvalue weighted by Gasteiger charge is -2.03. The minimum atomic E-state index is -0.459. The third kappa shape index (κ3) is 1.96. The Kier molecular flexibility index (Phi) is 2.55. The minimum Gasteiger partial charge on any atom is -0.504 e. The summed E-state index contributed by atoms with van der Waals surface area (Å²) in [4.78, 5) is 13.6. The third-order valence-electron chi connectivity index (χ3n) is 2.33. The van der Waals surface area contributed by atoms with Crippen LogP contribution in [0.3, 0.4) is 0 Å². The van der Waals surface area contributed by atoms with E-state index in [2.05, 4.69) is 4.98 Å². The first-order chi connectivity index (χ1) is 8.11. The Labute approximate surface area is 96.2 Å². The fourth-order valence-corrected chi connectivity index (χ4v) is 1.44. The Bertz CT molecular complexity index is 668. The van der Waals surface area contributed by atoms with Gasteiger partial charge in [0.25, 0.3) is 5.56 Å². The van der Waals surface area contributed by atoms with E-state index in [0.29, 0.717) is 11.1 Å². The number of hydrogen-bond acceptors (Lipinski definition) is 4. The maximum Gasteiger partial charge on any atom is 0.265 e. The molecule has 1 aromatic heterocycles. The molecule has 0 unspecified atom stereocenters. The highest BCUT2D eigenvalue weighted by Gasteiger charge is 2.05. The van der Waals surface area contributed by atoms with Crippen LogP contribution >= 0.6 is 0 Å². The molecule has 0 saturated carbocycles. The summed E-state index contributed by atoms with van der Waals surface area (Å²) in [5, 5.41) is 27.3. The van der Waals surface area contributed by atoms with Gasteiger partial charge in [0.1, 0.15) is 11.6 Å². The van der Waals surface area contributed by atoms with Crippen LogP contribution in [0.25, 0.3) is 11.1 Å². The quantitative estimate of drug-likeness (QED) is 0.641. The van der Waals surface area contributed by atoms with Crippen LogP contribution in [0.4, 0.5) is 0 Å². The lowest BCUT2D eigenvalue weighted by Crippen LogP contribution is -2.08. The van der Waals surface area contributed by atoms with Crippen molar-refractivity contribution in [3.05, 3.63) is 46.4 Å². The fourth-order valence-electron chi connectivity index (χ4n) is 1.44. The van der Waals surface area contributed by atoms with E-state index in [1.54, 1.807) is 12.1 Å². The van der Waals surface area contributed by atoms with Crippen molar-refractivity contribution in [1.29, 1.82) is 5.26 Å². The molecule has 0 fully saturated rings. The normalized spacial score (nSPS) is 9.82. The Morgan fingerprint density at radius 2 is 1.88 bits per heavy atom. The molecule has 0 atom stereocenters. The number of aromatic hydroxyl groups is 2. The van der Waals surface area contributed by atoms with E-state index in [1.165, 1.54) is 24.4 Å². The summed E-state index contributed by atoms with van der Waals surface area (Å²) in [5.74, 6) is -0.481. The average Bonchev–Trinajstić information content (AvgIpc) is 2.33. The van der Waals surface area contributed by atoms with Gasteiger partial charge in [0.15, 0.2) is 11.5 Å². The van der Waals surface area contributed by atoms with Crippen molar-refractivity contribution in [3.8, 4) is 28.7 Å². The molecule has 3 N–H and O–H groups in total. The van der Waals surface area contributed by atoms with E-state index >= 15 is 0 Å². The molecule has 0 saturated heterocycles. The number of H-pyrrole nitrogens is 1. The summed E-state index contributed by atoms with van der Waals surface area (Å²) in [7, 11) is 0. The highest BCUT2D eigenvalue weighted by molar-refractivity contribution is 5.67. The number of phenols is 2. The number of nitrogens with one attached hydrogen (secondary N) is 1. The molecule has 0 radical (unpaired) electrons. The number of rotatable bonds is 1. The first-order valence-corrected chi connectivity index (χ1v) is 4.77. The maximum atomic E-state index is 11.2. The molecule has 0 amide bonds. The number of hydrogen-bond donors (Lipinski definition) is 3. The average molecular weight is 228 g/mol. The molecule has 0 aliphatic rings. The zero-order valence-electron chi connectivity index (χ0n) is 8.64. The lowest BCUT2D eigenvalue weighted by atomic mass is 10.1. The van der Waals surface area contributed by atoms with Gasteiger partial charge in [-0.2, -0.15) is 5.26 Å². The zero-order valence-corrected chi connectivity index (χ0v) is 8.64. The van der Waals surface area contributed by atoms with Crippen LogP contribution in [0.2, 0.25) is 0 Å². The number of nitriles is 1. The van der Waals surface area contributed by atoms with Gasteiger partial charge in [-0.25, -0.2) is 0 Å². The summed E-state index contributed by atoms with van der Waals surface area (Å²) in [6, 6.07) is 7.46. The van der Waals surface area contributed by atoms with Crippen molar-refractivity contribution >= 4 is 0 Å². The second-order valence-corrected chi connectivity index (χ2v) is 3.45. The molecular formula is C12H8N2O3. The van der Waals surface area contributed by atoms with Gasteiger partial charge in [-0.05, 0) is 29.3 Å². The van der Waals surface area contributed by atoms with E-state index in [-0.39, 0.29) is 17.1 Å². The van der Waals surface area contributed by atoms with Crippen LogP contribution in [0.1, 0.15) is 5.56 Å². The van der Waals surface area contributed by atoms with Crippen molar-refractivity contribution in [1.82, 2.24) is 4.98 Å². The maximum absolute atomic E-state index is 11.2. The molecule has 0 spiro atoms. The fraction of sp³-hybridized carbons (Fsp3) is 0. The third-order valence-corrected chi connectivity index (χ3v) is 2.33. The van der Waals surface area contributed by atoms with Gasteiger partial charge in [0.2, 0.25) is 0 Å². The van der Waals surface area contributed by atoms with Crippen LogP contribution in [-0.4, -0.2) is 15.2 Å². The van der Waals surface area contributed by atoms with Gasteiger partial charge in [-0.3, -0.25) is 4.79 Å². The molecule has 0 aliphatic carbocycles. The number of pyridine rings is 1. The molecule has 0 bridgehead atoms. The molecule has 1 heterocycles. The van der Waals surface area contributed by atoms with Gasteiger partial charge < -0.3 is 15.2 Å². The van der Waals surface area contributed by atoms with E-state index in [4.69, 9.17) is 5.26 Å². The van der Waals surface area contributed by atoms with E-state index < -0.39 is 5.56 Å². The number of benzene rings is 1. The van der Waals surface area contributed by atoms with Gasteiger partial charge in [-0.1, -0.05) is 6.07 Å². The second kappa shape index (κ2) is 4.02. The number of phenolic OH excluding ortho intramolecular Hbond substituents is 2. The smallest absolute Gasteiger partial charge is 0.265 e. The molecule has 5 heteroatoms. The number of aromatic amines is 1. The van der Waals surface area contributed by atoms with Crippen molar-refractivity contribution in [2.24, 2.45) is 0 Å². The highest BCUT2D eigenvalue weighted by atomic mass is 16.3. The van der Waals surface area contributed by atoms with Gasteiger partial charge in [0, 0.05) is 6.20 Å². The van der Waals surface area contributed by atoms with Crippen molar-refractivity contribution in [3.63, 3.8) is 0 Å². The first kappa shape index (κ1) is 10.8. The van der Waals surface area contributed by atoms with E-state index in [9.17, 15) is 15.0 Å². The minimum absolute atomic E-state index is 0.00457. The highest BCUT2D eigenvalue weighted by Crippen LogP contribution is 2.29. The number of nitrogens with zero attached hydrogens (tertiary/aromatic N) is 1. The van der Waals surface area contributed by atoms with Gasteiger partial charge in [0.05, 0.1) is 0 Å². The van der Waals surface area contributed by atoms with Crippen molar-refractivity contribution < 1.29 is 10.2 Å². The summed E-state index contributed by atoms with van der Waals surface area (Å²) in [6.07, 6.45) is 1.44. The van der Waals surface area contributed by atoms with E-state index in [0.717, 1.165) is 0 Å². The molecular weight excluding hydrogens is 220 g/mol. The number of aromatic nitrogens is 1. The Hall–Kier alpha value is -2.74. The van der Waals surface area contributed by atoms with Crippen LogP contribution in [0.5, 0.6) is 11.5 Å². The predicted molar refractivity (Wildman–Crippen MR) is 60.5 cm³/mol. The topological polar surface area (TPSA) is 97.1 Å². The van der Waals surface area contributed by atoms with Crippen LogP contribution in [0.15, 0.2) is 35.3 Å². The Morgan fingerprint density at radius 1 is 1.12 bits per heavy atom. The summed E-state index contributed by atoms with van der Waals surface area (Å²) in [6.45, 7) is 0. The molecule has 2 rings (SSSR count). The Morgan fingerprint density at radius 3 is 2.53 bits per heavy atom. The van der Waals surface area contributed by atoms with Crippen molar-refractivity contribution in [2.75, 3.05) is 0 Å². The largest absolute Gasteiger partial charge is 0.504 e. The first-order valence-electron chi connectivity index (χ1n) is 4.77. The molecule has 0 aliphatic heterocycles. The summed E-state index contributed by atoms with van der Waals surface area (Å²) >= 11 is 0. The standard InChI is InChI=1S/C12H8N2O3/c13-5-8-3-9(6-14-12(8)17)7-1-2-10(15)11(16)4-7/h1-4,6,15-16H,(H,14,17). The monoisotopic (exact) mass is 228 g/mol. The second-order valence-electron chi connectivity index (χ2n) is 3.45. The molecule has 2 aromatic rings. The predicted octanol–water partition coefficient (Wildman–Crippen LogP) is 1.32. The SMILES string of the molecule is N#Cc1cc(-c2ccc(O)c(O)c2)c[nH]c1=O. The van der Waals surface area contributed by atoms with Crippen LogP contribution in [0, 0.1) is 11.3 Å². The van der Waals surface area contributed by atoms with Crippen LogP contribution in [-0.2, 0) is 0 Å². The van der Waals surface area contributed by atoms with Gasteiger partial charge >= 0.3 is 0 Å². The van der Waals surface area contributed by atoms with E-state index in [1.807, 2.05) is 0 Å². The molecule has 5 nitrogen and oxygen atoms in total. The molecule has 1 aromatic carbocycles. The lowest BCUT2D eigenvalue weighted by molar-refractivity contribution is 0.404. The molecule has 84 valence electrons. The zero-order chi connectivity index (χ0) is 12.4. The summed E-state index contributed by atoms with van der Waals surface area (Å²) < 4.78 is 0. The van der Waals surface area contributed by atoms with Crippen molar-refractivity contribution in [2.45, 2.75) is 0 Å². The van der Waals surface area contributed by atoms with Crippen LogP contribution < -0.4 is 5.56 Å².